The highest BCUT2D eigenvalue weighted by Gasteiger charge is 2.33. The van der Waals surface area contributed by atoms with Gasteiger partial charge in [-0.3, -0.25) is 0 Å². The Morgan fingerprint density at radius 2 is 1.41 bits per heavy atom. The van der Waals surface area contributed by atoms with Crippen LogP contribution in [0.15, 0.2) is 0 Å². The van der Waals surface area contributed by atoms with Crippen molar-refractivity contribution >= 4 is 18.2 Å². The maximum atomic E-state index is 12.1. The van der Waals surface area contributed by atoms with E-state index in [4.69, 9.17) is 9.47 Å². The smallest absolute Gasteiger partial charge is 0.430 e. The standard InChI is InChI=1S/C14H26N2O6/c1-9(10(17)20-8)16(12(19)22-14(5,6)7)15-11(18)21-13(2,3)4/h9H,1-8H3,(H,15,18)/t9-/m1/s1. The van der Waals surface area contributed by atoms with Crippen molar-refractivity contribution in [3.8, 4) is 0 Å². The van der Waals surface area contributed by atoms with E-state index in [0.717, 1.165) is 5.01 Å². The summed E-state index contributed by atoms with van der Waals surface area (Å²) in [6, 6.07) is -1.08. The van der Waals surface area contributed by atoms with Crippen molar-refractivity contribution in [1.82, 2.24) is 10.4 Å². The summed E-state index contributed by atoms with van der Waals surface area (Å²) < 4.78 is 14.8. The van der Waals surface area contributed by atoms with E-state index in [9.17, 15) is 14.4 Å². The van der Waals surface area contributed by atoms with Crippen LogP contribution in [0.25, 0.3) is 0 Å². The molecule has 0 bridgehead atoms. The van der Waals surface area contributed by atoms with Gasteiger partial charge in [-0.05, 0) is 48.5 Å². The summed E-state index contributed by atoms with van der Waals surface area (Å²) in [5.74, 6) is -0.707. The van der Waals surface area contributed by atoms with E-state index >= 15 is 0 Å². The summed E-state index contributed by atoms with van der Waals surface area (Å²) >= 11 is 0. The van der Waals surface area contributed by atoms with Crippen LogP contribution in [0.1, 0.15) is 48.5 Å². The maximum absolute atomic E-state index is 12.1. The van der Waals surface area contributed by atoms with Gasteiger partial charge in [0.15, 0.2) is 6.04 Å². The first-order chi connectivity index (χ1) is 9.76. The average molecular weight is 318 g/mol. The second kappa shape index (κ2) is 7.33. The summed E-state index contributed by atoms with van der Waals surface area (Å²) in [5, 5.41) is 0.741. The van der Waals surface area contributed by atoms with Crippen molar-refractivity contribution in [3.05, 3.63) is 0 Å². The van der Waals surface area contributed by atoms with Crippen LogP contribution < -0.4 is 5.43 Å². The zero-order valence-corrected chi connectivity index (χ0v) is 14.5. The van der Waals surface area contributed by atoms with Crippen molar-refractivity contribution in [2.75, 3.05) is 7.11 Å². The Labute approximate surface area is 131 Å². The molecule has 0 aromatic heterocycles. The third kappa shape index (κ3) is 7.70. The van der Waals surface area contributed by atoms with Gasteiger partial charge in [-0.2, -0.15) is 0 Å². The van der Waals surface area contributed by atoms with Crippen LogP contribution in [0.4, 0.5) is 9.59 Å². The molecular formula is C14H26N2O6. The largest absolute Gasteiger partial charge is 0.467 e. The molecule has 0 unspecified atom stereocenters. The van der Waals surface area contributed by atoms with Crippen molar-refractivity contribution in [1.29, 1.82) is 0 Å². The summed E-state index contributed by atoms with van der Waals surface area (Å²) in [4.78, 5) is 35.6. The number of carbonyl (C=O) groups is 3. The molecule has 0 rings (SSSR count). The topological polar surface area (TPSA) is 94.2 Å². The van der Waals surface area contributed by atoms with E-state index in [2.05, 4.69) is 10.2 Å². The Morgan fingerprint density at radius 1 is 0.955 bits per heavy atom. The lowest BCUT2D eigenvalue weighted by molar-refractivity contribution is -0.147. The van der Waals surface area contributed by atoms with Gasteiger partial charge in [-0.1, -0.05) is 0 Å². The number of hydrogen-bond acceptors (Lipinski definition) is 6. The fraction of sp³-hybridized carbons (Fsp3) is 0.786. The Balaban J connectivity index is 5.14. The summed E-state index contributed by atoms with van der Waals surface area (Å²) in [6.45, 7) is 11.4. The highest BCUT2D eigenvalue weighted by atomic mass is 16.6. The van der Waals surface area contributed by atoms with Crippen LogP contribution in [0.3, 0.4) is 0 Å². The minimum atomic E-state index is -1.08. The first-order valence-corrected chi connectivity index (χ1v) is 6.86. The van der Waals surface area contributed by atoms with Gasteiger partial charge < -0.3 is 14.2 Å². The molecule has 8 heteroatoms. The maximum Gasteiger partial charge on any atom is 0.430 e. The van der Waals surface area contributed by atoms with Gasteiger partial charge in [0.05, 0.1) is 7.11 Å². The van der Waals surface area contributed by atoms with Gasteiger partial charge in [-0.15, -0.1) is 0 Å². The first kappa shape index (κ1) is 20.0. The molecule has 1 atom stereocenters. The van der Waals surface area contributed by atoms with Gasteiger partial charge in [0, 0.05) is 0 Å². The molecule has 0 aromatic rings. The number of amides is 2. The second-order valence-corrected chi connectivity index (χ2v) is 6.66. The molecule has 0 aliphatic carbocycles. The van der Waals surface area contributed by atoms with Gasteiger partial charge in [0.25, 0.3) is 0 Å². The number of hydrazine groups is 1. The van der Waals surface area contributed by atoms with E-state index in [1.807, 2.05) is 0 Å². The third-order valence-electron chi connectivity index (χ3n) is 2.13. The molecule has 0 aromatic carbocycles. The van der Waals surface area contributed by atoms with E-state index in [1.54, 1.807) is 41.5 Å². The minimum absolute atomic E-state index is 0.707. The molecule has 8 nitrogen and oxygen atoms in total. The second-order valence-electron chi connectivity index (χ2n) is 6.66. The van der Waals surface area contributed by atoms with E-state index < -0.39 is 35.4 Å². The molecule has 22 heavy (non-hydrogen) atoms. The van der Waals surface area contributed by atoms with Crippen LogP contribution >= 0.6 is 0 Å². The Hall–Kier alpha value is -1.99. The molecule has 0 saturated carbocycles. The number of nitrogens with zero attached hydrogens (tertiary/aromatic N) is 1. The molecule has 0 radical (unpaired) electrons. The predicted molar refractivity (Wildman–Crippen MR) is 78.9 cm³/mol. The molecule has 0 aliphatic rings. The van der Waals surface area contributed by atoms with Crippen LogP contribution in [0.2, 0.25) is 0 Å². The quantitative estimate of drug-likeness (QED) is 0.476. The molecule has 0 saturated heterocycles. The molecule has 1 N–H and O–H groups in total. The Kier molecular flexibility index (Phi) is 6.66. The van der Waals surface area contributed by atoms with Crippen molar-refractivity contribution in [2.45, 2.75) is 65.7 Å². The number of methoxy groups -OCH3 is 1. The number of rotatable bonds is 2. The van der Waals surface area contributed by atoms with E-state index in [-0.39, 0.29) is 0 Å². The number of carbonyl (C=O) groups excluding carboxylic acids is 3. The summed E-state index contributed by atoms with van der Waals surface area (Å²) in [6.07, 6.45) is -1.77. The Morgan fingerprint density at radius 3 is 1.77 bits per heavy atom. The molecule has 2 amide bonds. The number of nitrogens with one attached hydrogen (secondary N) is 1. The fourth-order valence-corrected chi connectivity index (χ4v) is 1.29. The summed E-state index contributed by atoms with van der Waals surface area (Å²) in [7, 11) is 1.18. The van der Waals surface area contributed by atoms with Gasteiger partial charge in [0.2, 0.25) is 0 Å². The molecule has 0 aliphatic heterocycles. The lowest BCUT2D eigenvalue weighted by atomic mass is 10.2. The number of esters is 1. The molecular weight excluding hydrogens is 292 g/mol. The van der Waals surface area contributed by atoms with Crippen LogP contribution in [0.5, 0.6) is 0 Å². The SMILES string of the molecule is COC(=O)[C@@H](C)N(NC(=O)OC(C)(C)C)C(=O)OC(C)(C)C. The normalized spacial score (nSPS) is 12.9. The average Bonchev–Trinajstić information content (AvgIpc) is 2.29. The van der Waals surface area contributed by atoms with Gasteiger partial charge in [-0.25, -0.2) is 24.8 Å². The van der Waals surface area contributed by atoms with Gasteiger partial charge in [0.1, 0.15) is 11.2 Å². The van der Waals surface area contributed by atoms with Crippen LogP contribution in [0, 0.1) is 0 Å². The highest BCUT2D eigenvalue weighted by Crippen LogP contribution is 2.12. The number of hydrogen-bond donors (Lipinski definition) is 1. The Bertz CT molecular complexity index is 422. The molecule has 0 fully saturated rings. The lowest BCUT2D eigenvalue weighted by Gasteiger charge is -2.31. The predicted octanol–water partition coefficient (Wildman–Crippen LogP) is 2.22. The molecule has 0 heterocycles. The monoisotopic (exact) mass is 318 g/mol. The third-order valence-corrected chi connectivity index (χ3v) is 2.13. The first-order valence-electron chi connectivity index (χ1n) is 6.86. The molecule has 128 valence electrons. The lowest BCUT2D eigenvalue weighted by Crippen LogP contribution is -2.56. The zero-order chi connectivity index (χ0) is 17.7. The van der Waals surface area contributed by atoms with Crippen molar-refractivity contribution in [2.24, 2.45) is 0 Å². The minimum Gasteiger partial charge on any atom is -0.467 e. The van der Waals surface area contributed by atoms with Crippen molar-refractivity contribution < 1.29 is 28.6 Å². The van der Waals surface area contributed by atoms with Gasteiger partial charge >= 0.3 is 18.2 Å². The van der Waals surface area contributed by atoms with Crippen molar-refractivity contribution in [3.63, 3.8) is 0 Å². The van der Waals surface area contributed by atoms with Crippen LogP contribution in [-0.2, 0) is 19.0 Å². The summed E-state index contributed by atoms with van der Waals surface area (Å²) in [5.41, 5.74) is 0.665. The van der Waals surface area contributed by atoms with Crippen LogP contribution in [-0.4, -0.2) is 47.5 Å². The van der Waals surface area contributed by atoms with E-state index in [1.165, 1.54) is 14.0 Å². The van der Waals surface area contributed by atoms with E-state index in [0.29, 0.717) is 0 Å². The highest BCUT2D eigenvalue weighted by molar-refractivity contribution is 5.82. The zero-order valence-electron chi connectivity index (χ0n) is 14.5. The number of ether oxygens (including phenoxy) is 3. The molecule has 0 spiro atoms. The fourth-order valence-electron chi connectivity index (χ4n) is 1.29.